The molecule has 0 aliphatic rings. The topological polar surface area (TPSA) is 77.8 Å². The van der Waals surface area contributed by atoms with Crippen molar-refractivity contribution in [1.29, 1.82) is 0 Å². The zero-order valence-corrected chi connectivity index (χ0v) is 19.0. The van der Waals surface area contributed by atoms with Gasteiger partial charge in [0.1, 0.15) is 19.6 Å². The molecule has 0 spiro atoms. The SMILES string of the molecule is CCCCCCCC/C=C\CCCCCCCC(=O)[N+](CCO)(CCO)CCO. The highest BCUT2D eigenvalue weighted by atomic mass is 16.3. The molecule has 5 nitrogen and oxygen atoms in total. The first-order valence-corrected chi connectivity index (χ1v) is 12.0. The van der Waals surface area contributed by atoms with E-state index >= 15 is 0 Å². The Morgan fingerprint density at radius 3 is 1.52 bits per heavy atom. The molecular weight excluding hydrogens is 366 g/mol. The number of quaternary nitrogens is 1. The van der Waals surface area contributed by atoms with Crippen LogP contribution in [0.5, 0.6) is 0 Å². The maximum Gasteiger partial charge on any atom is 0.313 e. The van der Waals surface area contributed by atoms with Gasteiger partial charge in [-0.25, -0.2) is 4.79 Å². The maximum absolute atomic E-state index is 12.6. The normalized spacial score (nSPS) is 12.1. The van der Waals surface area contributed by atoms with E-state index in [1.54, 1.807) is 0 Å². The molecular formula is C24H48NO4+. The molecule has 0 fully saturated rings. The van der Waals surface area contributed by atoms with E-state index in [2.05, 4.69) is 19.1 Å². The van der Waals surface area contributed by atoms with E-state index in [-0.39, 0.29) is 49.8 Å². The standard InChI is InChI=1S/C24H48NO4/c1-2-3-4-5-6-7-8-9-10-11-12-13-14-15-16-17-24(29)25(18-21-26,19-22-27)20-23-28/h9-10,26-28H,2-8,11-23H2,1H3/q+1/b10-9-. The van der Waals surface area contributed by atoms with Crippen molar-refractivity contribution in [2.75, 3.05) is 39.5 Å². The fraction of sp³-hybridized carbons (Fsp3) is 0.875. The molecule has 0 aromatic carbocycles. The number of hydrogen-bond acceptors (Lipinski definition) is 4. The molecule has 0 aromatic rings. The predicted molar refractivity (Wildman–Crippen MR) is 121 cm³/mol. The number of aliphatic hydroxyl groups excluding tert-OH is 3. The van der Waals surface area contributed by atoms with Gasteiger partial charge in [-0.15, -0.1) is 0 Å². The first-order valence-electron chi connectivity index (χ1n) is 12.0. The highest BCUT2D eigenvalue weighted by Gasteiger charge is 2.34. The van der Waals surface area contributed by atoms with Gasteiger partial charge < -0.3 is 15.3 Å². The lowest BCUT2D eigenvalue weighted by atomic mass is 10.1. The van der Waals surface area contributed by atoms with Crippen LogP contribution in [0.3, 0.4) is 0 Å². The van der Waals surface area contributed by atoms with Crippen LogP contribution < -0.4 is 0 Å². The first-order chi connectivity index (χ1) is 14.2. The van der Waals surface area contributed by atoms with Gasteiger partial charge in [0.2, 0.25) is 0 Å². The Hall–Kier alpha value is -0.750. The van der Waals surface area contributed by atoms with Crippen LogP contribution in [0.15, 0.2) is 12.2 Å². The molecule has 0 aliphatic carbocycles. The minimum absolute atomic E-state index is 0.00705. The Balaban J connectivity index is 3.74. The van der Waals surface area contributed by atoms with E-state index in [1.165, 1.54) is 57.8 Å². The lowest BCUT2D eigenvalue weighted by Crippen LogP contribution is -2.57. The smallest absolute Gasteiger partial charge is 0.313 e. The molecule has 0 saturated carbocycles. The Morgan fingerprint density at radius 1 is 0.655 bits per heavy atom. The third-order valence-electron chi connectivity index (χ3n) is 5.77. The van der Waals surface area contributed by atoms with Gasteiger partial charge in [0.25, 0.3) is 0 Å². The number of carbonyl (C=O) groups is 1. The summed E-state index contributed by atoms with van der Waals surface area (Å²) in [5, 5.41) is 27.8. The molecule has 1 amide bonds. The van der Waals surface area contributed by atoms with Crippen LogP contribution in [0.4, 0.5) is 0 Å². The molecule has 172 valence electrons. The van der Waals surface area contributed by atoms with Crippen LogP contribution in [0.2, 0.25) is 0 Å². The zero-order chi connectivity index (χ0) is 21.6. The summed E-state index contributed by atoms with van der Waals surface area (Å²) in [7, 11) is 0. The summed E-state index contributed by atoms with van der Waals surface area (Å²) < 4.78 is -0.00705. The largest absolute Gasteiger partial charge is 0.390 e. The van der Waals surface area contributed by atoms with Gasteiger partial charge in [0.05, 0.1) is 26.2 Å². The molecule has 0 radical (unpaired) electrons. The van der Waals surface area contributed by atoms with Crippen molar-refractivity contribution < 1.29 is 24.6 Å². The number of nitrogens with zero attached hydrogens (tertiary/aromatic N) is 1. The summed E-state index contributed by atoms with van der Waals surface area (Å²) in [6, 6.07) is 0. The highest BCUT2D eigenvalue weighted by Crippen LogP contribution is 2.14. The van der Waals surface area contributed by atoms with Gasteiger partial charge in [-0.3, -0.25) is 4.48 Å². The van der Waals surface area contributed by atoms with E-state index in [1.807, 2.05) is 0 Å². The van der Waals surface area contributed by atoms with E-state index in [9.17, 15) is 20.1 Å². The quantitative estimate of drug-likeness (QED) is 0.148. The number of hydrogen-bond donors (Lipinski definition) is 3. The molecule has 0 atom stereocenters. The van der Waals surface area contributed by atoms with E-state index < -0.39 is 0 Å². The average molecular weight is 415 g/mol. The van der Waals surface area contributed by atoms with Gasteiger partial charge in [0, 0.05) is 0 Å². The zero-order valence-electron chi connectivity index (χ0n) is 19.0. The van der Waals surface area contributed by atoms with Crippen molar-refractivity contribution in [1.82, 2.24) is 0 Å². The van der Waals surface area contributed by atoms with Crippen LogP contribution in [0, 0.1) is 0 Å². The number of carbonyl (C=O) groups excluding carboxylic acids is 1. The van der Waals surface area contributed by atoms with Crippen molar-refractivity contribution in [3.05, 3.63) is 12.2 Å². The lowest BCUT2D eigenvalue weighted by molar-refractivity contribution is -0.856. The summed E-state index contributed by atoms with van der Waals surface area (Å²) in [5.41, 5.74) is 0. The molecule has 0 saturated heterocycles. The highest BCUT2D eigenvalue weighted by molar-refractivity contribution is 5.69. The summed E-state index contributed by atoms with van der Waals surface area (Å²) in [6.07, 6.45) is 21.0. The number of aliphatic hydroxyl groups is 3. The summed E-state index contributed by atoms with van der Waals surface area (Å²) >= 11 is 0. The van der Waals surface area contributed by atoms with E-state index in [4.69, 9.17) is 0 Å². The molecule has 29 heavy (non-hydrogen) atoms. The van der Waals surface area contributed by atoms with Crippen molar-refractivity contribution in [3.8, 4) is 0 Å². The maximum atomic E-state index is 12.6. The van der Waals surface area contributed by atoms with Crippen molar-refractivity contribution in [2.24, 2.45) is 0 Å². The molecule has 0 unspecified atom stereocenters. The second-order valence-corrected chi connectivity index (χ2v) is 8.21. The molecule has 3 N–H and O–H groups in total. The minimum atomic E-state index is -0.113. The van der Waals surface area contributed by atoms with Gasteiger partial charge in [-0.1, -0.05) is 70.4 Å². The molecule has 0 rings (SSSR count). The Kier molecular flexibility index (Phi) is 20.0. The van der Waals surface area contributed by atoms with Crippen molar-refractivity contribution in [2.45, 2.75) is 96.8 Å². The van der Waals surface area contributed by atoms with E-state index in [0.29, 0.717) is 6.42 Å². The molecule has 5 heteroatoms. The van der Waals surface area contributed by atoms with Crippen LogP contribution in [-0.4, -0.2) is 65.2 Å². The predicted octanol–water partition coefficient (Wildman–Crippen LogP) is 4.34. The van der Waals surface area contributed by atoms with Gasteiger partial charge in [-0.05, 0) is 32.1 Å². The van der Waals surface area contributed by atoms with Crippen LogP contribution in [0.1, 0.15) is 96.8 Å². The first kappa shape index (κ1) is 28.2. The summed E-state index contributed by atoms with van der Waals surface area (Å²) in [4.78, 5) is 12.6. The molecule has 0 bridgehead atoms. The number of unbranched alkanes of at least 4 members (excludes halogenated alkanes) is 11. The second kappa shape index (κ2) is 20.5. The molecule has 0 aliphatic heterocycles. The summed E-state index contributed by atoms with van der Waals surface area (Å²) in [5.74, 6) is 0.0276. The van der Waals surface area contributed by atoms with E-state index in [0.717, 1.165) is 25.7 Å². The number of amides is 1. The fourth-order valence-electron chi connectivity index (χ4n) is 3.87. The van der Waals surface area contributed by atoms with Crippen LogP contribution in [-0.2, 0) is 4.79 Å². The second-order valence-electron chi connectivity index (χ2n) is 8.21. The average Bonchev–Trinajstić information content (AvgIpc) is 2.71. The van der Waals surface area contributed by atoms with Crippen molar-refractivity contribution >= 4 is 5.91 Å². The number of allylic oxidation sites excluding steroid dienone is 2. The van der Waals surface area contributed by atoms with Gasteiger partial charge >= 0.3 is 5.91 Å². The monoisotopic (exact) mass is 414 g/mol. The minimum Gasteiger partial charge on any atom is -0.390 e. The van der Waals surface area contributed by atoms with Crippen LogP contribution in [0.25, 0.3) is 0 Å². The molecule has 0 aromatic heterocycles. The fourth-order valence-corrected chi connectivity index (χ4v) is 3.87. The third-order valence-corrected chi connectivity index (χ3v) is 5.77. The lowest BCUT2D eigenvalue weighted by Gasteiger charge is -2.34. The third kappa shape index (κ3) is 14.8. The summed E-state index contributed by atoms with van der Waals surface area (Å²) in [6.45, 7) is 2.72. The molecule has 0 heterocycles. The number of rotatable bonds is 21. The Bertz CT molecular complexity index is 381. The Morgan fingerprint density at radius 2 is 1.07 bits per heavy atom. The van der Waals surface area contributed by atoms with Gasteiger partial charge in [0.15, 0.2) is 0 Å². The van der Waals surface area contributed by atoms with Crippen molar-refractivity contribution in [3.63, 3.8) is 0 Å². The van der Waals surface area contributed by atoms with Gasteiger partial charge in [-0.2, -0.15) is 0 Å². The Labute approximate surface area is 179 Å². The van der Waals surface area contributed by atoms with Crippen LogP contribution >= 0.6 is 0 Å².